The van der Waals surface area contributed by atoms with Crippen molar-refractivity contribution in [2.45, 2.75) is 31.1 Å². The number of nitrogens with one attached hydrogen (secondary N) is 1. The summed E-state index contributed by atoms with van der Waals surface area (Å²) >= 11 is 0. The lowest BCUT2D eigenvalue weighted by Crippen LogP contribution is -2.40. The molecule has 0 bridgehead atoms. The van der Waals surface area contributed by atoms with Gasteiger partial charge in [0.05, 0.1) is 29.2 Å². The Kier molecular flexibility index (Phi) is 7.23. The van der Waals surface area contributed by atoms with Crippen LogP contribution in [0.4, 0.5) is 5.69 Å². The Balaban J connectivity index is 1.30. The Hall–Kier alpha value is -3.34. The van der Waals surface area contributed by atoms with Gasteiger partial charge in [-0.2, -0.15) is 4.31 Å². The van der Waals surface area contributed by atoms with E-state index in [4.69, 9.17) is 14.5 Å². The molecule has 0 unspecified atom stereocenters. The summed E-state index contributed by atoms with van der Waals surface area (Å²) in [6.07, 6.45) is 2.54. The number of carbonyl (C=O) groups is 2. The minimum absolute atomic E-state index is 0.0770. The molecule has 3 aromatic rings. The van der Waals surface area contributed by atoms with Gasteiger partial charge in [-0.15, -0.1) is 0 Å². The van der Waals surface area contributed by atoms with E-state index < -0.39 is 28.5 Å². The number of aryl methyl sites for hydroxylation is 1. The number of morpholine rings is 1. The van der Waals surface area contributed by atoms with Gasteiger partial charge < -0.3 is 14.8 Å². The van der Waals surface area contributed by atoms with Crippen LogP contribution in [0, 0.1) is 5.92 Å². The zero-order valence-corrected chi connectivity index (χ0v) is 21.4. The van der Waals surface area contributed by atoms with Gasteiger partial charge in [0.15, 0.2) is 6.61 Å². The molecule has 1 atom stereocenters. The quantitative estimate of drug-likeness (QED) is 0.494. The highest BCUT2D eigenvalue weighted by molar-refractivity contribution is 7.89. The number of sulfonamides is 1. The molecule has 1 saturated heterocycles. The van der Waals surface area contributed by atoms with Gasteiger partial charge in [-0.1, -0.05) is 31.2 Å². The Morgan fingerprint density at radius 2 is 1.92 bits per heavy atom. The standard InChI is InChI=1S/C27H29N3O6S/c1-18-9-10-24-22(15-18)26(21-7-2-3-8-23(21)29-24)27(32)36-17-25(31)28-19-5-4-6-20(16-19)37(33,34)30-11-13-35-14-12-30/h2-8,16,18H,9-15,17H2,1H3,(H,28,31)/t18-/m1/s1. The molecule has 194 valence electrons. The number of para-hydroxylation sites is 1. The molecule has 2 aromatic carbocycles. The van der Waals surface area contributed by atoms with Crippen molar-refractivity contribution >= 4 is 38.5 Å². The molecule has 1 aliphatic heterocycles. The smallest absolute Gasteiger partial charge is 0.339 e. The first kappa shape index (κ1) is 25.3. The van der Waals surface area contributed by atoms with E-state index in [-0.39, 0.29) is 18.0 Å². The molecule has 0 saturated carbocycles. The first-order valence-corrected chi connectivity index (χ1v) is 13.8. The predicted molar refractivity (Wildman–Crippen MR) is 138 cm³/mol. The minimum Gasteiger partial charge on any atom is -0.452 e. The molecule has 9 nitrogen and oxygen atoms in total. The van der Waals surface area contributed by atoms with Gasteiger partial charge in [-0.05, 0) is 55.0 Å². The van der Waals surface area contributed by atoms with Crippen LogP contribution in [0.5, 0.6) is 0 Å². The number of ether oxygens (including phenoxy) is 2. The second-order valence-corrected chi connectivity index (χ2v) is 11.4. The van der Waals surface area contributed by atoms with Crippen LogP contribution in [0.1, 0.15) is 35.0 Å². The molecule has 0 spiro atoms. The summed E-state index contributed by atoms with van der Waals surface area (Å²) in [4.78, 5) is 30.7. The van der Waals surface area contributed by atoms with E-state index in [1.807, 2.05) is 24.3 Å². The van der Waals surface area contributed by atoms with Gasteiger partial charge in [0.1, 0.15) is 0 Å². The van der Waals surface area contributed by atoms with Crippen LogP contribution in [-0.4, -0.2) is 62.5 Å². The third-order valence-electron chi connectivity index (χ3n) is 6.77. The third-order valence-corrected chi connectivity index (χ3v) is 8.66. The Morgan fingerprint density at radius 3 is 2.73 bits per heavy atom. The predicted octanol–water partition coefficient (Wildman–Crippen LogP) is 3.18. The molecule has 1 amide bonds. The van der Waals surface area contributed by atoms with Crippen molar-refractivity contribution in [1.82, 2.24) is 9.29 Å². The van der Waals surface area contributed by atoms with E-state index in [1.54, 1.807) is 12.1 Å². The SMILES string of the molecule is C[C@@H]1CCc2nc3ccccc3c(C(=O)OCC(=O)Nc3cccc(S(=O)(=O)N4CCOCC4)c3)c2C1. The van der Waals surface area contributed by atoms with Gasteiger partial charge in [-0.25, -0.2) is 13.2 Å². The largest absolute Gasteiger partial charge is 0.452 e. The number of hydrogen-bond acceptors (Lipinski definition) is 7. The maximum absolute atomic E-state index is 13.2. The van der Waals surface area contributed by atoms with Crippen LogP contribution in [0.15, 0.2) is 53.4 Å². The third kappa shape index (κ3) is 5.36. The molecule has 1 aromatic heterocycles. The molecule has 5 rings (SSSR count). The van der Waals surface area contributed by atoms with E-state index in [0.717, 1.165) is 36.0 Å². The zero-order chi connectivity index (χ0) is 26.0. The molecule has 0 radical (unpaired) electrons. The lowest BCUT2D eigenvalue weighted by molar-refractivity contribution is -0.119. The van der Waals surface area contributed by atoms with Gasteiger partial charge in [0.2, 0.25) is 10.0 Å². The first-order valence-electron chi connectivity index (χ1n) is 12.4. The van der Waals surface area contributed by atoms with E-state index in [1.165, 1.54) is 16.4 Å². The number of pyridine rings is 1. The Labute approximate surface area is 215 Å². The van der Waals surface area contributed by atoms with Gasteiger partial charge in [0, 0.05) is 29.9 Å². The van der Waals surface area contributed by atoms with Gasteiger partial charge in [-0.3, -0.25) is 9.78 Å². The number of nitrogens with zero attached hydrogens (tertiary/aromatic N) is 2. The van der Waals surface area contributed by atoms with Crippen molar-refractivity contribution in [2.75, 3.05) is 38.2 Å². The first-order chi connectivity index (χ1) is 17.8. The molecule has 2 heterocycles. The number of amides is 1. The fraction of sp³-hybridized carbons (Fsp3) is 0.370. The molecule has 10 heteroatoms. The summed E-state index contributed by atoms with van der Waals surface area (Å²) < 4.78 is 37.9. The van der Waals surface area contributed by atoms with Gasteiger partial charge in [0.25, 0.3) is 5.91 Å². The normalized spacial score (nSPS) is 18.2. The van der Waals surface area contributed by atoms with Crippen LogP contribution < -0.4 is 5.32 Å². The van der Waals surface area contributed by atoms with Crippen LogP contribution >= 0.6 is 0 Å². The number of rotatable bonds is 6. The maximum Gasteiger partial charge on any atom is 0.339 e. The average molecular weight is 524 g/mol. The molecule has 37 heavy (non-hydrogen) atoms. The number of benzene rings is 2. The summed E-state index contributed by atoms with van der Waals surface area (Å²) in [5.41, 5.74) is 3.30. The molecule has 1 aliphatic carbocycles. The molecule has 2 aliphatic rings. The Morgan fingerprint density at radius 1 is 1.14 bits per heavy atom. The summed E-state index contributed by atoms with van der Waals surface area (Å²) in [5.74, 6) is -0.705. The fourth-order valence-electron chi connectivity index (χ4n) is 4.87. The van der Waals surface area contributed by atoms with Crippen molar-refractivity contribution in [3.8, 4) is 0 Å². The molecule has 1 N–H and O–H groups in total. The highest BCUT2D eigenvalue weighted by Crippen LogP contribution is 2.32. The van der Waals surface area contributed by atoms with Crippen molar-refractivity contribution in [3.05, 3.63) is 65.4 Å². The number of hydrogen-bond donors (Lipinski definition) is 1. The minimum atomic E-state index is -3.71. The summed E-state index contributed by atoms with van der Waals surface area (Å²) in [6, 6.07) is 13.5. The van der Waals surface area contributed by atoms with Crippen LogP contribution in [0.2, 0.25) is 0 Å². The second kappa shape index (κ2) is 10.6. The van der Waals surface area contributed by atoms with Crippen molar-refractivity contribution in [1.29, 1.82) is 0 Å². The van der Waals surface area contributed by atoms with E-state index >= 15 is 0 Å². The lowest BCUT2D eigenvalue weighted by atomic mass is 9.84. The van der Waals surface area contributed by atoms with Crippen LogP contribution in [0.3, 0.4) is 0 Å². The zero-order valence-electron chi connectivity index (χ0n) is 20.6. The molecule has 1 fully saturated rings. The lowest BCUT2D eigenvalue weighted by Gasteiger charge is -2.26. The average Bonchev–Trinajstić information content (AvgIpc) is 2.91. The number of aromatic nitrogens is 1. The number of anilines is 1. The summed E-state index contributed by atoms with van der Waals surface area (Å²) in [5, 5.41) is 3.34. The molecular weight excluding hydrogens is 494 g/mol. The van der Waals surface area contributed by atoms with Crippen LogP contribution in [0.25, 0.3) is 10.9 Å². The van der Waals surface area contributed by atoms with E-state index in [0.29, 0.717) is 35.8 Å². The van der Waals surface area contributed by atoms with Crippen molar-refractivity contribution < 1.29 is 27.5 Å². The Bertz CT molecular complexity index is 1450. The monoisotopic (exact) mass is 523 g/mol. The fourth-order valence-corrected chi connectivity index (χ4v) is 6.32. The molecular formula is C27H29N3O6S. The van der Waals surface area contributed by atoms with Crippen molar-refractivity contribution in [3.63, 3.8) is 0 Å². The highest BCUT2D eigenvalue weighted by Gasteiger charge is 2.28. The number of carbonyl (C=O) groups excluding carboxylic acids is 2. The van der Waals surface area contributed by atoms with Crippen LogP contribution in [-0.2, 0) is 37.1 Å². The number of esters is 1. The number of fused-ring (bicyclic) bond motifs is 2. The van der Waals surface area contributed by atoms with E-state index in [2.05, 4.69) is 12.2 Å². The van der Waals surface area contributed by atoms with Gasteiger partial charge >= 0.3 is 5.97 Å². The van der Waals surface area contributed by atoms with E-state index in [9.17, 15) is 18.0 Å². The topological polar surface area (TPSA) is 115 Å². The summed E-state index contributed by atoms with van der Waals surface area (Å²) in [6.45, 7) is 2.89. The maximum atomic E-state index is 13.2. The summed E-state index contributed by atoms with van der Waals surface area (Å²) in [7, 11) is -3.71. The highest BCUT2D eigenvalue weighted by atomic mass is 32.2. The van der Waals surface area contributed by atoms with Crippen molar-refractivity contribution in [2.24, 2.45) is 5.92 Å². The second-order valence-electron chi connectivity index (χ2n) is 9.45.